The lowest BCUT2D eigenvalue weighted by molar-refractivity contribution is -0.0288. The molecule has 15 heteroatoms. The summed E-state index contributed by atoms with van der Waals surface area (Å²) in [7, 11) is -9.17. The molecule has 4 rings (SSSR count). The number of nitriles is 1. The zero-order valence-electron chi connectivity index (χ0n) is 17.8. The van der Waals surface area contributed by atoms with Crippen molar-refractivity contribution in [1.29, 1.82) is 5.26 Å². The van der Waals surface area contributed by atoms with E-state index in [1.165, 1.54) is 10.8 Å². The molecule has 1 aliphatic carbocycles. The molecule has 34 heavy (non-hydrogen) atoms. The van der Waals surface area contributed by atoms with Gasteiger partial charge in [0.15, 0.2) is 27.3 Å². The molecule has 1 aliphatic heterocycles. The second-order valence-electron chi connectivity index (χ2n) is 8.60. The Morgan fingerprint density at radius 3 is 2.59 bits per heavy atom. The number of rotatable bonds is 7. The Labute approximate surface area is 200 Å². The van der Waals surface area contributed by atoms with E-state index in [1.54, 1.807) is 6.07 Å². The fourth-order valence-corrected chi connectivity index (χ4v) is 7.98. The molecule has 12 nitrogen and oxygen atoms in total. The molecule has 0 unspecified atom stereocenters. The average Bonchev–Trinajstić information content (AvgIpc) is 3.44. The van der Waals surface area contributed by atoms with E-state index in [1.807, 2.05) is 6.07 Å². The molecule has 0 amide bonds. The summed E-state index contributed by atoms with van der Waals surface area (Å²) in [5.74, 6) is -0.900. The Bertz CT molecular complexity index is 1280. The molecule has 1 saturated carbocycles. The van der Waals surface area contributed by atoms with Gasteiger partial charge in [0.1, 0.15) is 35.1 Å². The van der Waals surface area contributed by atoms with Gasteiger partial charge < -0.3 is 34.6 Å². The maximum absolute atomic E-state index is 12.1. The third-order valence-corrected chi connectivity index (χ3v) is 10.1. The summed E-state index contributed by atoms with van der Waals surface area (Å²) in [4.78, 5) is 22.3. The van der Waals surface area contributed by atoms with Crippen LogP contribution < -0.4 is 5.32 Å². The van der Waals surface area contributed by atoms with E-state index in [0.29, 0.717) is 11.1 Å². The molecular formula is C19H24ClN4O8PS. The van der Waals surface area contributed by atoms with Crippen LogP contribution in [0, 0.1) is 11.3 Å². The summed E-state index contributed by atoms with van der Waals surface area (Å²) >= 11 is 6.43. The smallest absolute Gasteiger partial charge is 0.340 e. The molecule has 186 valence electrons. The number of ether oxygens (including phenoxy) is 1. The number of sulfone groups is 1. The SMILES string of the molecule is N#Cc1nc2c(ccn2[C@@H]2O[C@H](CS(=O)(=O)CP(=O)(O)O)[C@@H](O)[C@H]2O)c(NC2CCCC2)c1Cl. The maximum atomic E-state index is 12.1. The van der Waals surface area contributed by atoms with Crippen LogP contribution in [0.15, 0.2) is 12.3 Å². The summed E-state index contributed by atoms with van der Waals surface area (Å²) < 4.78 is 42.4. The topological polar surface area (TPSA) is 195 Å². The van der Waals surface area contributed by atoms with Crippen LogP contribution in [0.2, 0.25) is 5.02 Å². The molecule has 0 bridgehead atoms. The molecule has 2 aliphatic rings. The number of aromatic nitrogens is 2. The molecule has 1 saturated heterocycles. The van der Waals surface area contributed by atoms with Crippen molar-refractivity contribution in [3.8, 4) is 6.07 Å². The van der Waals surface area contributed by atoms with Crippen molar-refractivity contribution in [2.45, 2.75) is 56.3 Å². The number of fused-ring (bicyclic) bond motifs is 1. The van der Waals surface area contributed by atoms with Gasteiger partial charge in [0.25, 0.3) is 0 Å². The Kier molecular flexibility index (Phi) is 6.98. The fraction of sp³-hybridized carbons (Fsp3) is 0.579. The monoisotopic (exact) mass is 534 g/mol. The summed E-state index contributed by atoms with van der Waals surface area (Å²) in [5, 5.41) is 34.6. The van der Waals surface area contributed by atoms with E-state index < -0.39 is 53.2 Å². The Morgan fingerprint density at radius 2 is 1.97 bits per heavy atom. The molecule has 0 aromatic carbocycles. The number of hydrogen-bond acceptors (Lipinski definition) is 9. The Morgan fingerprint density at radius 1 is 1.29 bits per heavy atom. The number of nitrogens with one attached hydrogen (secondary N) is 1. The van der Waals surface area contributed by atoms with Crippen LogP contribution in [0.5, 0.6) is 0 Å². The minimum Gasteiger partial charge on any atom is -0.387 e. The number of halogens is 1. The lowest BCUT2D eigenvalue weighted by atomic mass is 10.1. The van der Waals surface area contributed by atoms with Gasteiger partial charge in [0, 0.05) is 17.6 Å². The van der Waals surface area contributed by atoms with E-state index >= 15 is 0 Å². The zero-order chi connectivity index (χ0) is 24.8. The van der Waals surface area contributed by atoms with Crippen LogP contribution in [0.3, 0.4) is 0 Å². The van der Waals surface area contributed by atoms with Crippen LogP contribution in [-0.4, -0.2) is 73.6 Å². The van der Waals surface area contributed by atoms with Crippen LogP contribution >= 0.6 is 19.2 Å². The number of anilines is 1. The predicted molar refractivity (Wildman–Crippen MR) is 122 cm³/mol. The predicted octanol–water partition coefficient (Wildman–Crippen LogP) is 1.09. The third-order valence-electron chi connectivity index (χ3n) is 6.01. The van der Waals surface area contributed by atoms with Gasteiger partial charge in [-0.2, -0.15) is 5.26 Å². The van der Waals surface area contributed by atoms with Crippen molar-refractivity contribution in [1.82, 2.24) is 9.55 Å². The highest BCUT2D eigenvalue weighted by Crippen LogP contribution is 2.40. The minimum absolute atomic E-state index is 0.0524. The highest BCUT2D eigenvalue weighted by Gasteiger charge is 2.46. The molecule has 2 fully saturated rings. The van der Waals surface area contributed by atoms with Crippen molar-refractivity contribution in [3.05, 3.63) is 23.0 Å². The van der Waals surface area contributed by atoms with Crippen LogP contribution in [0.4, 0.5) is 5.69 Å². The number of hydrogen-bond donors (Lipinski definition) is 5. The largest absolute Gasteiger partial charge is 0.387 e. The number of nitrogens with zero attached hydrogens (tertiary/aromatic N) is 3. The third kappa shape index (κ3) is 5.10. The number of pyridine rings is 1. The molecular weight excluding hydrogens is 511 g/mol. The summed E-state index contributed by atoms with van der Waals surface area (Å²) in [6.07, 6.45) is -0.358. The van der Waals surface area contributed by atoms with Crippen LogP contribution in [0.1, 0.15) is 37.6 Å². The highest BCUT2D eigenvalue weighted by molar-refractivity contribution is 7.97. The van der Waals surface area contributed by atoms with Crippen LogP contribution in [0.25, 0.3) is 11.0 Å². The summed E-state index contributed by atoms with van der Waals surface area (Å²) in [6, 6.07) is 3.78. The Balaban J connectivity index is 1.67. The van der Waals surface area contributed by atoms with E-state index in [9.17, 15) is 28.5 Å². The molecule has 2 aromatic heterocycles. The van der Waals surface area contributed by atoms with E-state index in [4.69, 9.17) is 26.1 Å². The quantitative estimate of drug-likeness (QED) is 0.319. The van der Waals surface area contributed by atoms with Gasteiger partial charge in [0.05, 0.1) is 11.4 Å². The van der Waals surface area contributed by atoms with Gasteiger partial charge in [-0.1, -0.05) is 24.4 Å². The summed E-state index contributed by atoms with van der Waals surface area (Å²) in [6.45, 7) is 0. The van der Waals surface area contributed by atoms with Gasteiger partial charge in [0.2, 0.25) is 0 Å². The lowest BCUT2D eigenvalue weighted by Crippen LogP contribution is -2.35. The Hall–Kier alpha value is -1.75. The van der Waals surface area contributed by atoms with Crippen molar-refractivity contribution in [3.63, 3.8) is 0 Å². The normalized spacial score (nSPS) is 26.2. The molecule has 0 spiro atoms. The first kappa shape index (κ1) is 25.3. The second kappa shape index (κ2) is 9.37. The van der Waals surface area contributed by atoms with Gasteiger partial charge in [-0.15, -0.1) is 0 Å². The number of aliphatic hydroxyl groups excluding tert-OH is 2. The molecule has 5 N–H and O–H groups in total. The van der Waals surface area contributed by atoms with Crippen molar-refractivity contribution in [2.75, 3.05) is 16.6 Å². The van der Waals surface area contributed by atoms with Crippen molar-refractivity contribution < 1.29 is 37.7 Å². The van der Waals surface area contributed by atoms with Crippen molar-refractivity contribution in [2.24, 2.45) is 0 Å². The first-order valence-electron chi connectivity index (χ1n) is 10.5. The van der Waals surface area contributed by atoms with Gasteiger partial charge >= 0.3 is 7.60 Å². The first-order chi connectivity index (χ1) is 15.9. The standard InChI is InChI=1S/C19H24ClN4O8PS/c20-14-12(7-21)23-18-11(15(14)22-10-3-1-2-4-10)5-6-24(18)19-17(26)16(25)13(32-19)8-34(30,31)9-33(27,28)29/h5-6,10,13,16-17,19,25-26H,1-4,8-9H2,(H,22,23)(H2,27,28,29)/t13-,16-,17-,19-/m1/s1. The summed E-state index contributed by atoms with van der Waals surface area (Å²) in [5.41, 5.74) is -0.704. The van der Waals surface area contributed by atoms with Gasteiger partial charge in [-0.3, -0.25) is 4.57 Å². The van der Waals surface area contributed by atoms with E-state index in [-0.39, 0.29) is 22.4 Å². The fourth-order valence-electron chi connectivity index (χ4n) is 4.49. The lowest BCUT2D eigenvalue weighted by Gasteiger charge is -2.19. The molecule has 0 radical (unpaired) electrons. The van der Waals surface area contributed by atoms with E-state index in [0.717, 1.165) is 25.7 Å². The number of aliphatic hydroxyl groups is 2. The maximum Gasteiger partial charge on any atom is 0.340 e. The van der Waals surface area contributed by atoms with E-state index in [2.05, 4.69) is 10.3 Å². The minimum atomic E-state index is -4.86. The van der Waals surface area contributed by atoms with Gasteiger partial charge in [-0.25, -0.2) is 13.4 Å². The van der Waals surface area contributed by atoms with Gasteiger partial charge in [-0.05, 0) is 18.9 Å². The first-order valence-corrected chi connectivity index (χ1v) is 14.5. The zero-order valence-corrected chi connectivity index (χ0v) is 20.2. The highest BCUT2D eigenvalue weighted by atomic mass is 35.5. The van der Waals surface area contributed by atoms with Crippen LogP contribution in [-0.2, 0) is 19.1 Å². The molecule has 3 heterocycles. The molecule has 2 aromatic rings. The van der Waals surface area contributed by atoms with Crippen molar-refractivity contribution >= 4 is 45.8 Å². The molecule has 4 atom stereocenters. The average molecular weight is 535 g/mol. The second-order valence-corrected chi connectivity index (χ2v) is 13.2.